The lowest BCUT2D eigenvalue weighted by Crippen LogP contribution is -2.48. The molecular formula is C52H55O10PS. The van der Waals surface area contributed by atoms with E-state index >= 15 is 8.42 Å². The summed E-state index contributed by atoms with van der Waals surface area (Å²) >= 11 is 0. The van der Waals surface area contributed by atoms with Crippen molar-refractivity contribution in [3.8, 4) is 5.75 Å². The van der Waals surface area contributed by atoms with Crippen LogP contribution < -0.4 is 4.74 Å². The molecule has 6 atom stereocenters. The zero-order chi connectivity index (χ0) is 44.4. The topological polar surface area (TPSA) is 116 Å². The Kier molecular flexibility index (Phi) is 14.9. The minimum Gasteiger partial charge on any atom is -0.481 e. The van der Waals surface area contributed by atoms with Gasteiger partial charge in [0.05, 0.1) is 36.9 Å². The molecule has 0 aliphatic carbocycles. The molecule has 0 aromatic heterocycles. The van der Waals surface area contributed by atoms with Crippen molar-refractivity contribution in [2.45, 2.75) is 93.8 Å². The van der Waals surface area contributed by atoms with Gasteiger partial charge in [-0.2, -0.15) is 0 Å². The molecule has 0 saturated carbocycles. The van der Waals surface area contributed by atoms with E-state index in [-0.39, 0.29) is 45.6 Å². The summed E-state index contributed by atoms with van der Waals surface area (Å²) in [5.74, 6) is -0.646. The highest BCUT2D eigenvalue weighted by Gasteiger charge is 2.60. The Morgan fingerprint density at radius 2 is 0.875 bits per heavy atom. The molecule has 12 heteroatoms. The third kappa shape index (κ3) is 11.8. The lowest BCUT2D eigenvalue weighted by molar-refractivity contribution is -0.167. The van der Waals surface area contributed by atoms with E-state index in [0.717, 1.165) is 27.8 Å². The van der Waals surface area contributed by atoms with Crippen molar-refractivity contribution in [3.63, 3.8) is 0 Å². The van der Waals surface area contributed by atoms with Gasteiger partial charge in [0.25, 0.3) is 0 Å². The molecule has 334 valence electrons. The summed E-state index contributed by atoms with van der Waals surface area (Å²) in [5.41, 5.74) is 5.03. The first-order chi connectivity index (χ1) is 31.0. The number of hydrogen-bond donors (Lipinski definition) is 0. The maximum atomic E-state index is 15.6. The number of hydrogen-bond acceptors (Lipinski definition) is 10. The van der Waals surface area contributed by atoms with Gasteiger partial charge >= 0.3 is 7.60 Å². The van der Waals surface area contributed by atoms with Crippen LogP contribution in [0.25, 0.3) is 0 Å². The van der Waals surface area contributed by atoms with Crippen molar-refractivity contribution in [1.82, 2.24) is 0 Å². The van der Waals surface area contributed by atoms with Gasteiger partial charge < -0.3 is 32.7 Å². The van der Waals surface area contributed by atoms with Crippen LogP contribution in [0.4, 0.5) is 0 Å². The molecule has 64 heavy (non-hydrogen) atoms. The molecule has 6 aromatic rings. The van der Waals surface area contributed by atoms with Crippen molar-refractivity contribution >= 4 is 17.4 Å². The fourth-order valence-electron chi connectivity index (χ4n) is 8.35. The van der Waals surface area contributed by atoms with Crippen LogP contribution in [0.15, 0.2) is 176 Å². The Labute approximate surface area is 376 Å². The van der Waals surface area contributed by atoms with Crippen LogP contribution in [-0.4, -0.2) is 55.5 Å². The molecular weight excluding hydrogens is 848 g/mol. The van der Waals surface area contributed by atoms with Crippen LogP contribution in [0.2, 0.25) is 0 Å². The van der Waals surface area contributed by atoms with E-state index in [4.69, 9.17) is 32.7 Å². The highest BCUT2D eigenvalue weighted by atomic mass is 32.2. The van der Waals surface area contributed by atoms with Crippen molar-refractivity contribution in [2.75, 3.05) is 6.35 Å². The normalized spacial score (nSPS) is 22.6. The van der Waals surface area contributed by atoms with Crippen molar-refractivity contribution in [2.24, 2.45) is 0 Å². The van der Waals surface area contributed by atoms with E-state index in [9.17, 15) is 4.57 Å². The van der Waals surface area contributed by atoms with Crippen LogP contribution in [0, 0.1) is 0 Å². The van der Waals surface area contributed by atoms with E-state index in [1.807, 2.05) is 178 Å². The Hall–Kier alpha value is -4.94. The van der Waals surface area contributed by atoms with Crippen LogP contribution >= 0.6 is 7.60 Å². The minimum atomic E-state index is -4.06. The molecule has 2 aliphatic heterocycles. The maximum absolute atomic E-state index is 15.6. The van der Waals surface area contributed by atoms with Crippen LogP contribution in [0.1, 0.15) is 47.2 Å². The number of ether oxygens (including phenoxy) is 5. The van der Waals surface area contributed by atoms with Gasteiger partial charge in [-0.05, 0) is 72.2 Å². The summed E-state index contributed by atoms with van der Waals surface area (Å²) in [6, 6.07) is 55.1. The summed E-state index contributed by atoms with van der Waals surface area (Å²) in [7, 11) is -7.84. The molecule has 0 N–H and O–H groups in total. The maximum Gasteiger partial charge on any atom is 0.368 e. The molecule has 2 heterocycles. The van der Waals surface area contributed by atoms with Crippen molar-refractivity contribution in [3.05, 3.63) is 209 Å². The minimum absolute atomic E-state index is 0.0151. The summed E-state index contributed by atoms with van der Waals surface area (Å²) in [6.45, 7) is 4.03. The number of fused-ring (bicyclic) bond motifs is 1. The van der Waals surface area contributed by atoms with Crippen LogP contribution in [0.5, 0.6) is 5.75 Å². The zero-order valence-electron chi connectivity index (χ0n) is 36.1. The molecule has 0 spiro atoms. The first kappa shape index (κ1) is 45.6. The molecule has 0 unspecified atom stereocenters. The Morgan fingerprint density at radius 3 is 1.31 bits per heavy atom. The third-order valence-electron chi connectivity index (χ3n) is 11.5. The lowest BCUT2D eigenvalue weighted by atomic mass is 9.94. The average Bonchev–Trinajstić information content (AvgIpc) is 3.62. The molecule has 6 aromatic carbocycles. The van der Waals surface area contributed by atoms with Gasteiger partial charge in [-0.15, -0.1) is 0 Å². The number of rotatable bonds is 19. The Morgan fingerprint density at radius 1 is 0.500 bits per heavy atom. The van der Waals surface area contributed by atoms with Gasteiger partial charge in [0.15, 0.2) is 22.0 Å². The monoisotopic (exact) mass is 902 g/mol. The average molecular weight is 903 g/mol. The molecule has 0 bridgehead atoms. The third-order valence-corrected chi connectivity index (χ3v) is 15.6. The van der Waals surface area contributed by atoms with Crippen LogP contribution in [0.3, 0.4) is 0 Å². The summed E-state index contributed by atoms with van der Waals surface area (Å²) in [4.78, 5) is 0. The predicted octanol–water partition coefficient (Wildman–Crippen LogP) is 10.3. The van der Waals surface area contributed by atoms with Gasteiger partial charge in [0.1, 0.15) is 30.2 Å². The number of sulfone groups is 1. The van der Waals surface area contributed by atoms with Crippen LogP contribution in [-0.2, 0) is 81.7 Å². The molecule has 0 radical (unpaired) electrons. The predicted molar refractivity (Wildman–Crippen MR) is 246 cm³/mol. The standard InChI is InChI=1S/C52H55O10PS/c1-52(2)61-50-48(56-34-41-23-12-5-13-24-41)46(32-39-19-8-3-9-20-39)64(54,55)47(33-40-21-10-4-11-22-40)49(51(50)62-52)57-35-44-29-18-30-45(31-44)58-38-63(53,59-36-42-25-14-6-15-26-42)60-37-43-27-16-7-17-28-43/h3-31,46-51H,32-38H2,1-2H3/t46-,47-,48+,49+,50+,51+/m1/s1. The van der Waals surface area contributed by atoms with Crippen molar-refractivity contribution in [1.29, 1.82) is 0 Å². The second-order valence-electron chi connectivity index (χ2n) is 16.7. The quantitative estimate of drug-likeness (QED) is 0.0728. The molecule has 2 fully saturated rings. The molecule has 8 rings (SSSR count). The first-order valence-electron chi connectivity index (χ1n) is 21.6. The molecule has 0 amide bonds. The smallest absolute Gasteiger partial charge is 0.368 e. The summed E-state index contributed by atoms with van der Waals surface area (Å²) in [6.07, 6.45) is -3.41. The van der Waals surface area contributed by atoms with E-state index < -0.39 is 58.1 Å². The van der Waals surface area contributed by atoms with E-state index in [2.05, 4.69) is 0 Å². The highest BCUT2D eigenvalue weighted by Crippen LogP contribution is 2.50. The zero-order valence-corrected chi connectivity index (χ0v) is 37.8. The van der Waals surface area contributed by atoms with Crippen molar-refractivity contribution < 1.29 is 45.7 Å². The van der Waals surface area contributed by atoms with Gasteiger partial charge in [-0.1, -0.05) is 164 Å². The SMILES string of the molecule is CC1(C)O[C@@H]2[C@@H](O1)[C@@H](OCc1cccc(OCP(=O)(OCc3ccccc3)OCc3ccccc3)c1)[C@@H](Cc1ccccc1)S(=O)(=O)[C@H](Cc1ccccc1)[C@@H]2OCc1ccccc1. The summed E-state index contributed by atoms with van der Waals surface area (Å²) < 4.78 is 90.4. The lowest BCUT2D eigenvalue weighted by Gasteiger charge is -2.32. The largest absolute Gasteiger partial charge is 0.481 e. The first-order valence-corrected chi connectivity index (χ1v) is 25.0. The van der Waals surface area contributed by atoms with Gasteiger partial charge in [-0.3, -0.25) is 4.57 Å². The molecule has 2 saturated heterocycles. The highest BCUT2D eigenvalue weighted by molar-refractivity contribution is 7.92. The van der Waals surface area contributed by atoms with E-state index in [1.54, 1.807) is 12.1 Å². The molecule has 10 nitrogen and oxygen atoms in total. The van der Waals surface area contributed by atoms with Gasteiger partial charge in [0, 0.05) is 0 Å². The fourth-order valence-corrected chi connectivity index (χ4v) is 12.1. The van der Waals surface area contributed by atoms with E-state index in [1.165, 1.54) is 0 Å². The Bertz CT molecular complexity index is 2480. The fraction of sp³-hybridized carbons (Fsp3) is 0.308. The van der Waals surface area contributed by atoms with Gasteiger partial charge in [-0.25, -0.2) is 8.42 Å². The van der Waals surface area contributed by atoms with Gasteiger partial charge in [0.2, 0.25) is 0 Å². The number of benzene rings is 6. The summed E-state index contributed by atoms with van der Waals surface area (Å²) in [5, 5.41) is -2.03. The molecule has 2 aliphatic rings. The second-order valence-corrected chi connectivity index (χ2v) is 21.1. The van der Waals surface area contributed by atoms with E-state index in [0.29, 0.717) is 11.3 Å². The second kappa shape index (κ2) is 20.9. The Balaban J connectivity index is 1.08.